The maximum absolute atomic E-state index is 13.3. The lowest BCUT2D eigenvalue weighted by Crippen LogP contribution is -2.66. The molecule has 1 amide bonds. The van der Waals surface area contributed by atoms with Crippen LogP contribution in [-0.4, -0.2) is 193 Å². The zero-order valence-electron chi connectivity index (χ0n) is 56.3. The monoisotopic (exact) mass is 1300 g/mol. The lowest BCUT2D eigenvalue weighted by Gasteiger charge is -2.48. The van der Waals surface area contributed by atoms with Crippen molar-refractivity contribution in [3.63, 3.8) is 0 Å². The van der Waals surface area contributed by atoms with Gasteiger partial charge in [-0.2, -0.15) is 0 Å². The van der Waals surface area contributed by atoms with Crippen molar-refractivity contribution in [1.82, 2.24) is 5.32 Å². The number of amides is 1. The predicted molar refractivity (Wildman–Crippen MR) is 356 cm³/mol. The van der Waals surface area contributed by atoms with E-state index < -0.39 is 124 Å². The number of rotatable bonds is 56. The van der Waals surface area contributed by atoms with Crippen molar-refractivity contribution in [3.05, 3.63) is 48.6 Å². The third-order valence-corrected chi connectivity index (χ3v) is 18.1. The Balaban J connectivity index is 1.23. The normalized spacial score (nSPS) is 28.1. The summed E-state index contributed by atoms with van der Waals surface area (Å²) in [5.41, 5.74) is 0. The summed E-state index contributed by atoms with van der Waals surface area (Å²) in [4.78, 5) is 13.3. The summed E-state index contributed by atoms with van der Waals surface area (Å²) in [5, 5.41) is 120. The predicted octanol–water partition coefficient (Wildman–Crippen LogP) is 10.2. The van der Waals surface area contributed by atoms with E-state index in [2.05, 4.69) is 55.6 Å². The molecule has 0 bridgehead atoms. The van der Waals surface area contributed by atoms with E-state index in [1.165, 1.54) is 193 Å². The molecule has 3 aliphatic heterocycles. The Morgan fingerprint density at radius 2 is 0.758 bits per heavy atom. The van der Waals surface area contributed by atoms with Gasteiger partial charge in [0.15, 0.2) is 18.9 Å². The molecule has 91 heavy (non-hydrogen) atoms. The highest BCUT2D eigenvalue weighted by Crippen LogP contribution is 2.33. The van der Waals surface area contributed by atoms with Gasteiger partial charge in [-0.15, -0.1) is 0 Å². The van der Waals surface area contributed by atoms with Gasteiger partial charge in [0, 0.05) is 6.42 Å². The number of ether oxygens (including phenoxy) is 6. The fourth-order valence-corrected chi connectivity index (χ4v) is 12.2. The van der Waals surface area contributed by atoms with E-state index in [4.69, 9.17) is 28.4 Å². The van der Waals surface area contributed by atoms with Crippen LogP contribution in [0.4, 0.5) is 0 Å². The molecule has 532 valence electrons. The third-order valence-electron chi connectivity index (χ3n) is 18.1. The first-order valence-corrected chi connectivity index (χ1v) is 36.4. The van der Waals surface area contributed by atoms with Crippen LogP contribution in [0.3, 0.4) is 0 Å². The topological polar surface area (TPSA) is 307 Å². The van der Waals surface area contributed by atoms with Crippen LogP contribution in [0.5, 0.6) is 0 Å². The molecule has 3 fully saturated rings. The van der Waals surface area contributed by atoms with E-state index in [0.29, 0.717) is 12.8 Å². The molecule has 12 N–H and O–H groups in total. The minimum Gasteiger partial charge on any atom is -0.394 e. The number of carbonyl (C=O) groups is 1. The van der Waals surface area contributed by atoms with Gasteiger partial charge in [0.2, 0.25) is 5.91 Å². The molecule has 0 aromatic heterocycles. The van der Waals surface area contributed by atoms with E-state index >= 15 is 0 Å². The molecule has 0 aromatic carbocycles. The molecule has 0 radical (unpaired) electrons. The number of aliphatic hydroxyl groups is 11. The lowest BCUT2D eigenvalue weighted by atomic mass is 9.96. The van der Waals surface area contributed by atoms with Gasteiger partial charge in [0.25, 0.3) is 0 Å². The van der Waals surface area contributed by atoms with E-state index in [0.717, 1.165) is 44.9 Å². The highest BCUT2D eigenvalue weighted by atomic mass is 16.8. The molecule has 3 heterocycles. The number of nitrogens with one attached hydrogen (secondary N) is 1. The van der Waals surface area contributed by atoms with Crippen LogP contribution in [0.25, 0.3) is 0 Å². The molecule has 19 heteroatoms. The second-order valence-electron chi connectivity index (χ2n) is 26.0. The minimum absolute atomic E-state index is 0.237. The van der Waals surface area contributed by atoms with Crippen molar-refractivity contribution in [2.24, 2.45) is 0 Å². The van der Waals surface area contributed by atoms with Crippen LogP contribution in [-0.2, 0) is 33.2 Å². The minimum atomic E-state index is -1.98. The molecule has 0 aliphatic carbocycles. The summed E-state index contributed by atoms with van der Waals surface area (Å²) < 4.78 is 34.2. The number of hydrogen-bond donors (Lipinski definition) is 12. The van der Waals surface area contributed by atoms with Gasteiger partial charge in [-0.25, -0.2) is 0 Å². The summed E-state index contributed by atoms with van der Waals surface area (Å²) >= 11 is 0. The molecular formula is C72H131NO18. The second-order valence-corrected chi connectivity index (χ2v) is 26.0. The van der Waals surface area contributed by atoms with Gasteiger partial charge in [0.1, 0.15) is 73.2 Å². The number of aliphatic hydroxyl groups excluding tert-OH is 11. The zero-order chi connectivity index (χ0) is 66.1. The fourth-order valence-electron chi connectivity index (χ4n) is 12.2. The van der Waals surface area contributed by atoms with Crippen LogP contribution in [0.15, 0.2) is 48.6 Å². The van der Waals surface area contributed by atoms with Crippen LogP contribution < -0.4 is 5.32 Å². The Kier molecular flexibility index (Phi) is 49.1. The Hall–Kier alpha value is -2.25. The number of hydrogen-bond acceptors (Lipinski definition) is 18. The Morgan fingerprint density at radius 3 is 1.20 bits per heavy atom. The first-order chi connectivity index (χ1) is 44.3. The molecule has 0 saturated carbocycles. The number of unbranched alkanes of at least 4 members (excludes halogenated alkanes) is 34. The van der Waals surface area contributed by atoms with Crippen molar-refractivity contribution in [2.75, 3.05) is 26.4 Å². The molecular weight excluding hydrogens is 1170 g/mol. The standard InChI is InChI=1S/C72H131NO18/c1-3-5-7-9-11-12-13-14-15-16-17-18-19-20-21-22-23-24-25-26-27-28-29-30-31-32-33-34-35-36-37-38-39-40-41-42-44-46-48-50-60(78)73-55(56(77)49-47-45-43-10-8-6-4-2)54-86-70-66(84)63(81)68(58(52-75)88-70)91-72-67(85)64(82)69(59(53-76)89-72)90-71-65(83)62(80)61(79)57(51-74)87-71/h8,10,13-14,16-17,47,49,55-59,61-72,74-77,79-85H,3-7,9,11-12,15,18-46,48,50-54H2,1-2H3,(H,73,78)/b10-8+,14-13-,17-16-,49-47+. The van der Waals surface area contributed by atoms with Gasteiger partial charge < -0.3 is 89.9 Å². The largest absolute Gasteiger partial charge is 0.394 e. The first kappa shape index (κ1) is 83.0. The number of allylic oxidation sites excluding steroid dienone is 7. The molecule has 17 atom stereocenters. The molecule has 0 aromatic rings. The SMILES string of the molecule is CCC/C=C/CC/C=C/C(O)C(COC1OC(CO)C(OC2OC(CO)C(OC3OC(CO)C(O)C(O)C3O)C(O)C2O)C(O)C1O)NC(=O)CCCCCCCCCCCCCCCCCCCCCCCCCCCCC/C=C\C/C=C\CCCCCCC. The van der Waals surface area contributed by atoms with Gasteiger partial charge in [-0.1, -0.05) is 255 Å². The molecule has 0 spiro atoms. The molecule has 3 saturated heterocycles. The van der Waals surface area contributed by atoms with Crippen molar-refractivity contribution >= 4 is 5.91 Å². The smallest absolute Gasteiger partial charge is 0.220 e. The Morgan fingerprint density at radius 1 is 0.396 bits per heavy atom. The highest BCUT2D eigenvalue weighted by Gasteiger charge is 2.53. The summed E-state index contributed by atoms with van der Waals surface area (Å²) in [6, 6.07) is -0.986. The maximum atomic E-state index is 13.3. The van der Waals surface area contributed by atoms with Gasteiger partial charge in [0.05, 0.1) is 38.6 Å². The average Bonchev–Trinajstić information content (AvgIpc) is 1.04. The molecule has 3 aliphatic rings. The Labute approximate surface area is 548 Å². The molecule has 19 nitrogen and oxygen atoms in total. The quantitative estimate of drug-likeness (QED) is 0.0199. The fraction of sp³-hybridized carbons (Fsp3) is 0.875. The van der Waals surface area contributed by atoms with Crippen molar-refractivity contribution in [2.45, 2.75) is 375 Å². The van der Waals surface area contributed by atoms with Crippen molar-refractivity contribution in [1.29, 1.82) is 0 Å². The van der Waals surface area contributed by atoms with Crippen LogP contribution >= 0.6 is 0 Å². The number of carbonyl (C=O) groups excluding carboxylic acids is 1. The summed E-state index contributed by atoms with van der Waals surface area (Å²) in [6.07, 6.45) is 39.2. The van der Waals surface area contributed by atoms with Crippen molar-refractivity contribution in [3.8, 4) is 0 Å². The third kappa shape index (κ3) is 35.5. The van der Waals surface area contributed by atoms with Crippen LogP contribution in [0, 0.1) is 0 Å². The van der Waals surface area contributed by atoms with Gasteiger partial charge >= 0.3 is 0 Å². The first-order valence-electron chi connectivity index (χ1n) is 36.4. The Bertz CT molecular complexity index is 1840. The van der Waals surface area contributed by atoms with Gasteiger partial charge in [-0.3, -0.25) is 4.79 Å². The zero-order valence-corrected chi connectivity index (χ0v) is 56.3. The summed E-state index contributed by atoms with van der Waals surface area (Å²) in [7, 11) is 0. The van der Waals surface area contributed by atoms with E-state index in [1.807, 2.05) is 6.08 Å². The van der Waals surface area contributed by atoms with E-state index in [9.17, 15) is 61.0 Å². The van der Waals surface area contributed by atoms with Crippen LogP contribution in [0.2, 0.25) is 0 Å². The molecule has 3 rings (SSSR count). The second kappa shape index (κ2) is 53.8. The van der Waals surface area contributed by atoms with Crippen molar-refractivity contribution < 1.29 is 89.4 Å². The summed E-state index contributed by atoms with van der Waals surface area (Å²) in [5.74, 6) is -0.287. The average molecular weight is 1300 g/mol. The van der Waals surface area contributed by atoms with E-state index in [-0.39, 0.29) is 18.9 Å². The lowest BCUT2D eigenvalue weighted by molar-refractivity contribution is -0.379. The summed E-state index contributed by atoms with van der Waals surface area (Å²) in [6.45, 7) is 1.58. The van der Waals surface area contributed by atoms with E-state index in [1.54, 1.807) is 6.08 Å². The van der Waals surface area contributed by atoms with Crippen LogP contribution in [0.1, 0.15) is 271 Å². The molecule has 17 unspecified atom stereocenters. The van der Waals surface area contributed by atoms with Gasteiger partial charge in [-0.05, 0) is 57.8 Å². The maximum Gasteiger partial charge on any atom is 0.220 e. The highest BCUT2D eigenvalue weighted by molar-refractivity contribution is 5.76.